The predicted octanol–water partition coefficient (Wildman–Crippen LogP) is 4.69. The number of carboxylic acid groups (broad SMARTS) is 1. The van der Waals surface area contributed by atoms with Gasteiger partial charge in [0.05, 0.1) is 40.0 Å². The Hall–Kier alpha value is -5.13. The second-order valence-corrected chi connectivity index (χ2v) is 11.6. The number of nitro benzene ring substituents is 1. The summed E-state index contributed by atoms with van der Waals surface area (Å²) in [4.78, 5) is 66.6. The molecular formula is C33H26ClN3O8. The van der Waals surface area contributed by atoms with Crippen molar-refractivity contribution in [3.8, 4) is 0 Å². The van der Waals surface area contributed by atoms with Crippen molar-refractivity contribution < 1.29 is 28.8 Å². The number of nitrogens with one attached hydrogen (secondary N) is 1. The first-order valence-electron chi connectivity index (χ1n) is 14.0. The fourth-order valence-corrected chi connectivity index (χ4v) is 6.50. The number of non-ortho nitro benzene ring substituents is 1. The standard InChI is InChI=1S/C33H26ClN3O8/c1-18-14-25-22(15-24(18)34)29(38)23(17-45-25)28-26-27(31(40)36(30(26)39)13-5-8-19-6-3-2-4-7-19)33(35-28,32(41)42)16-20-9-11-21(12-10-20)37(43)44/h2-12,14-15,17,26-28,35H,13,16H2,1H3,(H,41,42)/b8-5-. The molecular weight excluding hydrogens is 602 g/mol. The van der Waals surface area contributed by atoms with Crippen molar-refractivity contribution in [1.82, 2.24) is 10.2 Å². The molecule has 2 saturated heterocycles. The summed E-state index contributed by atoms with van der Waals surface area (Å²) in [5.74, 6) is -5.40. The first-order valence-corrected chi connectivity index (χ1v) is 14.4. The van der Waals surface area contributed by atoms with E-state index in [-0.39, 0.29) is 35.2 Å². The Labute approximate surface area is 260 Å². The average molecular weight is 628 g/mol. The van der Waals surface area contributed by atoms with E-state index in [4.69, 9.17) is 16.0 Å². The lowest BCUT2D eigenvalue weighted by Crippen LogP contribution is -2.57. The van der Waals surface area contributed by atoms with E-state index in [1.165, 1.54) is 36.6 Å². The summed E-state index contributed by atoms with van der Waals surface area (Å²) in [6.45, 7) is 1.64. The number of hydrogen-bond acceptors (Lipinski definition) is 8. The van der Waals surface area contributed by atoms with Crippen molar-refractivity contribution in [2.75, 3.05) is 6.54 Å². The van der Waals surface area contributed by atoms with Crippen LogP contribution in [0.1, 0.15) is 28.3 Å². The highest BCUT2D eigenvalue weighted by Gasteiger charge is 2.68. The first kappa shape index (κ1) is 29.9. The second kappa shape index (κ2) is 11.4. The Bertz CT molecular complexity index is 1960. The number of rotatable bonds is 8. The van der Waals surface area contributed by atoms with Crippen LogP contribution in [-0.2, 0) is 20.8 Å². The monoisotopic (exact) mass is 627 g/mol. The zero-order chi connectivity index (χ0) is 32.0. The number of fused-ring (bicyclic) bond motifs is 2. The van der Waals surface area contributed by atoms with Gasteiger partial charge in [0, 0.05) is 30.1 Å². The molecule has 2 amide bonds. The summed E-state index contributed by atoms with van der Waals surface area (Å²) >= 11 is 6.29. The second-order valence-electron chi connectivity index (χ2n) is 11.2. The zero-order valence-corrected chi connectivity index (χ0v) is 24.6. The van der Waals surface area contributed by atoms with Crippen molar-refractivity contribution in [1.29, 1.82) is 0 Å². The summed E-state index contributed by atoms with van der Waals surface area (Å²) in [6.07, 6.45) is 4.28. The van der Waals surface area contributed by atoms with Crippen molar-refractivity contribution in [2.45, 2.75) is 24.9 Å². The lowest BCUT2D eigenvalue weighted by atomic mass is 9.76. The molecule has 1 aromatic heterocycles. The molecule has 4 unspecified atom stereocenters. The quantitative estimate of drug-likeness (QED) is 0.160. The molecule has 0 aliphatic carbocycles. The van der Waals surface area contributed by atoms with Gasteiger partial charge in [0.15, 0.2) is 5.43 Å². The van der Waals surface area contributed by atoms with Gasteiger partial charge < -0.3 is 9.52 Å². The van der Waals surface area contributed by atoms with Crippen molar-refractivity contribution in [2.24, 2.45) is 11.8 Å². The van der Waals surface area contributed by atoms with Crippen LogP contribution in [0.5, 0.6) is 0 Å². The third-order valence-corrected chi connectivity index (χ3v) is 8.98. The third-order valence-electron chi connectivity index (χ3n) is 8.57. The van der Waals surface area contributed by atoms with Gasteiger partial charge in [-0.25, -0.2) is 0 Å². The number of amides is 2. The summed E-state index contributed by atoms with van der Waals surface area (Å²) in [5.41, 5.74) is -0.602. The average Bonchev–Trinajstić information content (AvgIpc) is 3.48. The maximum absolute atomic E-state index is 14.0. The molecule has 2 aliphatic rings. The molecule has 11 nitrogen and oxygen atoms in total. The number of nitrogens with zero attached hydrogens (tertiary/aromatic N) is 2. The van der Waals surface area contributed by atoms with Gasteiger partial charge >= 0.3 is 5.97 Å². The summed E-state index contributed by atoms with van der Waals surface area (Å²) < 4.78 is 5.77. The van der Waals surface area contributed by atoms with E-state index in [0.29, 0.717) is 16.1 Å². The normalized spacial score (nSPS) is 22.8. The minimum atomic E-state index is -2.04. The molecule has 3 heterocycles. The molecule has 0 radical (unpaired) electrons. The molecule has 0 bridgehead atoms. The van der Waals surface area contributed by atoms with E-state index in [9.17, 15) is 34.4 Å². The molecule has 4 atom stereocenters. The van der Waals surface area contributed by atoms with Crippen LogP contribution >= 0.6 is 11.6 Å². The number of halogens is 1. The summed E-state index contributed by atoms with van der Waals surface area (Å²) in [5, 5.41) is 25.4. The van der Waals surface area contributed by atoms with Gasteiger partial charge in [0.1, 0.15) is 11.1 Å². The highest BCUT2D eigenvalue weighted by atomic mass is 35.5. The van der Waals surface area contributed by atoms with Crippen LogP contribution in [0.3, 0.4) is 0 Å². The van der Waals surface area contributed by atoms with Gasteiger partial charge in [-0.3, -0.25) is 39.5 Å². The number of carbonyl (C=O) groups is 3. The van der Waals surface area contributed by atoms with Gasteiger partial charge in [-0.2, -0.15) is 0 Å². The maximum atomic E-state index is 14.0. The molecule has 4 aromatic rings. The number of hydrogen-bond donors (Lipinski definition) is 2. The largest absolute Gasteiger partial charge is 0.480 e. The minimum absolute atomic E-state index is 0.0212. The molecule has 12 heteroatoms. The number of carbonyl (C=O) groups excluding carboxylic acids is 2. The van der Waals surface area contributed by atoms with Crippen molar-refractivity contribution >= 4 is 52.1 Å². The van der Waals surface area contributed by atoms with Crippen LogP contribution in [0.25, 0.3) is 17.0 Å². The van der Waals surface area contributed by atoms with Gasteiger partial charge in [0.2, 0.25) is 11.8 Å². The van der Waals surface area contributed by atoms with E-state index >= 15 is 0 Å². The fraction of sp³-hybridized carbons (Fsp3) is 0.212. The van der Waals surface area contributed by atoms with Crippen LogP contribution in [0.15, 0.2) is 88.3 Å². The molecule has 2 N–H and O–H groups in total. The lowest BCUT2D eigenvalue weighted by molar-refractivity contribution is -0.384. The number of likely N-dealkylation sites (tertiary alicyclic amines) is 1. The van der Waals surface area contributed by atoms with E-state index < -0.39 is 51.6 Å². The lowest BCUT2D eigenvalue weighted by Gasteiger charge is -2.31. The SMILES string of the molecule is Cc1cc2occ(C3NC(Cc4ccc([N+](=O)[O-])cc4)(C(=O)O)C4C(=O)N(C/C=C\c5ccccc5)C(=O)C34)c(=O)c2cc1Cl. The van der Waals surface area contributed by atoms with E-state index in [1.54, 1.807) is 25.1 Å². The molecule has 228 valence electrons. The number of aryl methyl sites for hydroxylation is 1. The van der Waals surface area contributed by atoms with E-state index in [1.807, 2.05) is 30.3 Å². The van der Waals surface area contributed by atoms with Crippen LogP contribution in [0, 0.1) is 28.9 Å². The summed E-state index contributed by atoms with van der Waals surface area (Å²) in [6, 6.07) is 16.4. The topological polar surface area (TPSA) is 160 Å². The van der Waals surface area contributed by atoms with Crippen LogP contribution in [0.2, 0.25) is 5.02 Å². The number of aliphatic carboxylic acids is 1. The molecule has 0 saturated carbocycles. The number of imide groups is 1. The zero-order valence-electron chi connectivity index (χ0n) is 23.8. The maximum Gasteiger partial charge on any atom is 0.325 e. The Morgan fingerprint density at radius 2 is 1.82 bits per heavy atom. The summed E-state index contributed by atoms with van der Waals surface area (Å²) in [7, 11) is 0. The Balaban J connectivity index is 1.45. The Morgan fingerprint density at radius 1 is 1.11 bits per heavy atom. The van der Waals surface area contributed by atoms with Crippen molar-refractivity contribution in [3.05, 3.63) is 127 Å². The molecule has 45 heavy (non-hydrogen) atoms. The highest BCUT2D eigenvalue weighted by molar-refractivity contribution is 6.32. The smallest absolute Gasteiger partial charge is 0.325 e. The van der Waals surface area contributed by atoms with Gasteiger partial charge in [0.25, 0.3) is 5.69 Å². The van der Waals surface area contributed by atoms with Crippen LogP contribution in [0.4, 0.5) is 5.69 Å². The fourth-order valence-electron chi connectivity index (χ4n) is 6.34. The van der Waals surface area contributed by atoms with E-state index in [2.05, 4.69) is 5.32 Å². The number of nitro groups is 1. The van der Waals surface area contributed by atoms with Crippen LogP contribution in [-0.4, -0.2) is 44.8 Å². The number of carboxylic acids is 1. The number of benzene rings is 3. The predicted molar refractivity (Wildman–Crippen MR) is 164 cm³/mol. The molecule has 2 aliphatic heterocycles. The molecule has 2 fully saturated rings. The van der Waals surface area contributed by atoms with Gasteiger partial charge in [-0.15, -0.1) is 0 Å². The highest BCUT2D eigenvalue weighted by Crippen LogP contribution is 2.50. The van der Waals surface area contributed by atoms with E-state index in [0.717, 1.165) is 10.5 Å². The van der Waals surface area contributed by atoms with Gasteiger partial charge in [-0.1, -0.05) is 66.2 Å². The minimum Gasteiger partial charge on any atom is -0.480 e. The van der Waals surface area contributed by atoms with Crippen LogP contribution < -0.4 is 10.7 Å². The first-order chi connectivity index (χ1) is 21.5. The molecule has 6 rings (SSSR count). The molecule has 0 spiro atoms. The van der Waals surface area contributed by atoms with Gasteiger partial charge in [-0.05, 0) is 35.7 Å². The molecule has 3 aromatic carbocycles. The van der Waals surface area contributed by atoms with Crippen molar-refractivity contribution in [3.63, 3.8) is 0 Å². The third kappa shape index (κ3) is 5.09. The Kier molecular flexibility index (Phi) is 7.59. The Morgan fingerprint density at radius 3 is 2.49 bits per heavy atom.